The summed E-state index contributed by atoms with van der Waals surface area (Å²) in [6, 6.07) is 8.10. The van der Waals surface area contributed by atoms with E-state index in [0.29, 0.717) is 6.04 Å². The van der Waals surface area contributed by atoms with Gasteiger partial charge in [-0.25, -0.2) is 0 Å². The second kappa shape index (κ2) is 4.43. The molecule has 0 spiro atoms. The smallest absolute Gasteiger partial charge is 0.0480 e. The molecule has 1 aromatic carbocycles. The number of rotatable bonds is 2. The molecule has 1 aromatic rings. The minimum absolute atomic E-state index is 0.466. The largest absolute Gasteiger partial charge is 0.329 e. The molecule has 1 saturated carbocycles. The van der Waals surface area contributed by atoms with Crippen LogP contribution in [0.1, 0.15) is 48.4 Å². The molecule has 1 unspecified atom stereocenters. The summed E-state index contributed by atoms with van der Waals surface area (Å²) < 4.78 is 0. The van der Waals surface area contributed by atoms with E-state index < -0.39 is 0 Å². The summed E-state index contributed by atoms with van der Waals surface area (Å²) in [5.74, 6) is 0. The zero-order chi connectivity index (χ0) is 11.8. The van der Waals surface area contributed by atoms with E-state index >= 15 is 0 Å². The SMILES string of the molecule is Cc1ccc2c(c1)C(CN)N(C1CCCC1)C2. The Morgan fingerprint density at radius 2 is 2.06 bits per heavy atom. The summed E-state index contributed by atoms with van der Waals surface area (Å²) >= 11 is 0. The highest BCUT2D eigenvalue weighted by Gasteiger charge is 2.34. The monoisotopic (exact) mass is 230 g/mol. The Morgan fingerprint density at radius 1 is 1.29 bits per heavy atom. The van der Waals surface area contributed by atoms with Crippen LogP contribution in [0.5, 0.6) is 0 Å². The van der Waals surface area contributed by atoms with Crippen molar-refractivity contribution < 1.29 is 0 Å². The number of hydrogen-bond donors (Lipinski definition) is 1. The molecule has 2 heteroatoms. The lowest BCUT2D eigenvalue weighted by Gasteiger charge is -2.30. The number of aryl methyl sites for hydroxylation is 1. The molecular weight excluding hydrogens is 208 g/mol. The predicted octanol–water partition coefficient (Wildman–Crippen LogP) is 2.75. The number of fused-ring (bicyclic) bond motifs is 1. The molecule has 0 aromatic heterocycles. The van der Waals surface area contributed by atoms with Crippen molar-refractivity contribution in [3.05, 3.63) is 34.9 Å². The summed E-state index contributed by atoms with van der Waals surface area (Å²) in [4.78, 5) is 2.65. The average molecular weight is 230 g/mol. The van der Waals surface area contributed by atoms with Gasteiger partial charge in [-0.3, -0.25) is 4.90 Å². The lowest BCUT2D eigenvalue weighted by Crippen LogP contribution is -2.35. The van der Waals surface area contributed by atoms with Crippen LogP contribution in [-0.2, 0) is 6.54 Å². The van der Waals surface area contributed by atoms with Crippen molar-refractivity contribution in [2.45, 2.75) is 51.2 Å². The van der Waals surface area contributed by atoms with E-state index in [1.807, 2.05) is 0 Å². The fourth-order valence-electron chi connectivity index (χ4n) is 3.54. The first-order valence-corrected chi connectivity index (χ1v) is 6.85. The Morgan fingerprint density at radius 3 is 2.76 bits per heavy atom. The fraction of sp³-hybridized carbons (Fsp3) is 0.600. The second-order valence-electron chi connectivity index (χ2n) is 5.56. The summed E-state index contributed by atoms with van der Waals surface area (Å²) in [5, 5.41) is 0. The highest BCUT2D eigenvalue weighted by atomic mass is 15.2. The van der Waals surface area contributed by atoms with Crippen molar-refractivity contribution in [3.8, 4) is 0 Å². The molecule has 0 amide bonds. The third-order valence-electron chi connectivity index (χ3n) is 4.43. The van der Waals surface area contributed by atoms with Gasteiger partial charge in [0, 0.05) is 25.2 Å². The lowest BCUT2D eigenvalue weighted by atomic mass is 10.0. The van der Waals surface area contributed by atoms with E-state index in [1.165, 1.54) is 42.4 Å². The van der Waals surface area contributed by atoms with Crippen LogP contribution in [0.25, 0.3) is 0 Å². The molecule has 2 N–H and O–H groups in total. The molecule has 2 nitrogen and oxygen atoms in total. The molecule has 2 aliphatic rings. The molecule has 1 fully saturated rings. The van der Waals surface area contributed by atoms with Crippen molar-refractivity contribution in [2.75, 3.05) is 6.54 Å². The molecule has 17 heavy (non-hydrogen) atoms. The van der Waals surface area contributed by atoms with Crippen molar-refractivity contribution in [2.24, 2.45) is 5.73 Å². The van der Waals surface area contributed by atoms with Crippen LogP contribution < -0.4 is 5.73 Å². The van der Waals surface area contributed by atoms with Crippen LogP contribution >= 0.6 is 0 Å². The van der Waals surface area contributed by atoms with Crippen LogP contribution in [0.2, 0.25) is 0 Å². The maximum absolute atomic E-state index is 6.02. The Kier molecular flexibility index (Phi) is 2.93. The highest BCUT2D eigenvalue weighted by molar-refractivity contribution is 5.37. The Labute approximate surface area is 104 Å². The molecule has 0 saturated heterocycles. The molecule has 3 rings (SSSR count). The van der Waals surface area contributed by atoms with Crippen LogP contribution in [0.4, 0.5) is 0 Å². The van der Waals surface area contributed by atoms with Gasteiger partial charge in [0.1, 0.15) is 0 Å². The molecule has 0 bridgehead atoms. The fourth-order valence-corrected chi connectivity index (χ4v) is 3.54. The Bertz CT molecular complexity index is 407. The molecule has 0 radical (unpaired) electrons. The minimum atomic E-state index is 0.466. The van der Waals surface area contributed by atoms with E-state index in [1.54, 1.807) is 0 Å². The van der Waals surface area contributed by atoms with Gasteiger partial charge < -0.3 is 5.73 Å². The van der Waals surface area contributed by atoms with E-state index in [-0.39, 0.29) is 0 Å². The topological polar surface area (TPSA) is 29.3 Å². The van der Waals surface area contributed by atoms with Crippen LogP contribution in [0.3, 0.4) is 0 Å². The van der Waals surface area contributed by atoms with Gasteiger partial charge in [-0.05, 0) is 30.9 Å². The normalized spacial score (nSPS) is 25.4. The second-order valence-corrected chi connectivity index (χ2v) is 5.56. The predicted molar refractivity (Wildman–Crippen MR) is 70.8 cm³/mol. The number of nitrogens with two attached hydrogens (primary N) is 1. The molecule has 1 aliphatic heterocycles. The van der Waals surface area contributed by atoms with Crippen LogP contribution in [0, 0.1) is 6.92 Å². The standard InChI is InChI=1S/C15H22N2/c1-11-6-7-12-10-17(13-4-2-3-5-13)15(9-16)14(12)8-11/h6-8,13,15H,2-5,9-10,16H2,1H3. The highest BCUT2D eigenvalue weighted by Crippen LogP contribution is 2.39. The first-order valence-electron chi connectivity index (χ1n) is 6.85. The van der Waals surface area contributed by atoms with Crippen LogP contribution in [-0.4, -0.2) is 17.5 Å². The van der Waals surface area contributed by atoms with Gasteiger partial charge in [0.05, 0.1) is 0 Å². The Hall–Kier alpha value is -0.860. The van der Waals surface area contributed by atoms with E-state index in [9.17, 15) is 0 Å². The third kappa shape index (κ3) is 1.90. The van der Waals surface area contributed by atoms with Gasteiger partial charge in [-0.15, -0.1) is 0 Å². The summed E-state index contributed by atoms with van der Waals surface area (Å²) in [5.41, 5.74) is 10.4. The maximum atomic E-state index is 6.02. The van der Waals surface area contributed by atoms with Gasteiger partial charge >= 0.3 is 0 Å². The molecule has 1 aliphatic carbocycles. The molecule has 1 heterocycles. The van der Waals surface area contributed by atoms with Crippen molar-refractivity contribution in [3.63, 3.8) is 0 Å². The summed E-state index contributed by atoms with van der Waals surface area (Å²) in [6.07, 6.45) is 5.52. The van der Waals surface area contributed by atoms with Crippen molar-refractivity contribution >= 4 is 0 Å². The van der Waals surface area contributed by atoms with Gasteiger partial charge in [-0.1, -0.05) is 36.6 Å². The van der Waals surface area contributed by atoms with Gasteiger partial charge in [0.15, 0.2) is 0 Å². The first kappa shape index (κ1) is 11.2. The van der Waals surface area contributed by atoms with E-state index in [4.69, 9.17) is 5.73 Å². The molecule has 92 valence electrons. The first-order chi connectivity index (χ1) is 8.29. The lowest BCUT2D eigenvalue weighted by molar-refractivity contribution is 0.152. The quantitative estimate of drug-likeness (QED) is 0.846. The zero-order valence-electron chi connectivity index (χ0n) is 10.7. The van der Waals surface area contributed by atoms with Gasteiger partial charge in [-0.2, -0.15) is 0 Å². The zero-order valence-corrected chi connectivity index (χ0v) is 10.7. The van der Waals surface area contributed by atoms with E-state index in [2.05, 4.69) is 30.0 Å². The van der Waals surface area contributed by atoms with Gasteiger partial charge in [0.2, 0.25) is 0 Å². The maximum Gasteiger partial charge on any atom is 0.0480 e. The minimum Gasteiger partial charge on any atom is -0.329 e. The number of nitrogens with zero attached hydrogens (tertiary/aromatic N) is 1. The van der Waals surface area contributed by atoms with Crippen molar-refractivity contribution in [1.82, 2.24) is 4.90 Å². The molecular formula is C15H22N2. The molecule has 1 atom stereocenters. The summed E-state index contributed by atoms with van der Waals surface area (Å²) in [6.45, 7) is 4.04. The number of benzene rings is 1. The summed E-state index contributed by atoms with van der Waals surface area (Å²) in [7, 11) is 0. The average Bonchev–Trinajstić information content (AvgIpc) is 2.94. The van der Waals surface area contributed by atoms with Gasteiger partial charge in [0.25, 0.3) is 0 Å². The van der Waals surface area contributed by atoms with Crippen LogP contribution in [0.15, 0.2) is 18.2 Å². The number of hydrogen-bond acceptors (Lipinski definition) is 2. The Balaban J connectivity index is 1.90. The van der Waals surface area contributed by atoms with Crippen molar-refractivity contribution in [1.29, 1.82) is 0 Å². The third-order valence-corrected chi connectivity index (χ3v) is 4.43. The van der Waals surface area contributed by atoms with E-state index in [0.717, 1.165) is 19.1 Å².